The molecular weight excluding hydrogens is 287 g/mol. The Bertz CT molecular complexity index is 556. The zero-order valence-corrected chi connectivity index (χ0v) is 12.9. The third kappa shape index (κ3) is 4.27. The van der Waals surface area contributed by atoms with Crippen molar-refractivity contribution in [2.24, 2.45) is 0 Å². The zero-order chi connectivity index (χ0) is 16.1. The van der Waals surface area contributed by atoms with Crippen molar-refractivity contribution in [2.45, 2.75) is 32.3 Å². The fraction of sp³-hybridized carbons (Fsp3) is 0.500. The van der Waals surface area contributed by atoms with E-state index in [0.717, 1.165) is 19.3 Å². The fourth-order valence-electron chi connectivity index (χ4n) is 2.52. The second-order valence-electron chi connectivity index (χ2n) is 5.55. The van der Waals surface area contributed by atoms with E-state index in [1.54, 1.807) is 7.05 Å². The van der Waals surface area contributed by atoms with Gasteiger partial charge in [-0.05, 0) is 37.5 Å². The van der Waals surface area contributed by atoms with Crippen LogP contribution in [0.2, 0.25) is 0 Å². The van der Waals surface area contributed by atoms with Crippen LogP contribution in [0.5, 0.6) is 0 Å². The van der Waals surface area contributed by atoms with Gasteiger partial charge in [0.2, 0.25) is 5.91 Å². The van der Waals surface area contributed by atoms with Gasteiger partial charge in [-0.3, -0.25) is 9.59 Å². The lowest BCUT2D eigenvalue weighted by molar-refractivity contribution is -0.114. The van der Waals surface area contributed by atoms with Crippen molar-refractivity contribution in [3.8, 4) is 0 Å². The van der Waals surface area contributed by atoms with Crippen LogP contribution in [0.3, 0.4) is 0 Å². The maximum Gasteiger partial charge on any atom is 0.256 e. The van der Waals surface area contributed by atoms with Gasteiger partial charge in [0.15, 0.2) is 0 Å². The molecule has 0 spiro atoms. The Morgan fingerprint density at radius 1 is 1.41 bits per heavy atom. The van der Waals surface area contributed by atoms with Crippen LogP contribution in [0.15, 0.2) is 18.2 Å². The number of amides is 2. The molecular formula is C16H21FN2O3. The number of likely N-dealkylation sites (N-methyl/N-ethyl adjacent to an activating group) is 1. The Kier molecular flexibility index (Phi) is 5.49. The summed E-state index contributed by atoms with van der Waals surface area (Å²) in [5.74, 6) is -1.29. The van der Waals surface area contributed by atoms with Crippen molar-refractivity contribution in [2.75, 3.05) is 25.5 Å². The van der Waals surface area contributed by atoms with E-state index in [4.69, 9.17) is 4.74 Å². The number of ether oxygens (including phenoxy) is 1. The minimum absolute atomic E-state index is 0.00397. The quantitative estimate of drug-likeness (QED) is 0.929. The second-order valence-corrected chi connectivity index (χ2v) is 5.55. The minimum Gasteiger partial charge on any atom is -0.376 e. The summed E-state index contributed by atoms with van der Waals surface area (Å²) in [6.07, 6.45) is 3.04. The van der Waals surface area contributed by atoms with Crippen LogP contribution >= 0.6 is 0 Å². The van der Waals surface area contributed by atoms with Gasteiger partial charge in [0, 0.05) is 32.8 Å². The molecule has 1 fully saturated rings. The van der Waals surface area contributed by atoms with Crippen molar-refractivity contribution in [1.29, 1.82) is 0 Å². The van der Waals surface area contributed by atoms with Gasteiger partial charge in [-0.15, -0.1) is 0 Å². The maximum atomic E-state index is 13.9. The number of hydrogen-bond acceptors (Lipinski definition) is 3. The Balaban J connectivity index is 2.08. The SMILES string of the molecule is CC(=O)Nc1ccc(F)c(C(=O)N(C)CC2CCCCO2)c1. The predicted molar refractivity (Wildman–Crippen MR) is 81.3 cm³/mol. The van der Waals surface area contributed by atoms with E-state index in [2.05, 4.69) is 5.32 Å². The lowest BCUT2D eigenvalue weighted by Gasteiger charge is -2.27. The summed E-state index contributed by atoms with van der Waals surface area (Å²) >= 11 is 0. The van der Waals surface area contributed by atoms with Crippen molar-refractivity contribution in [3.63, 3.8) is 0 Å². The molecule has 2 rings (SSSR count). The molecule has 1 saturated heterocycles. The monoisotopic (exact) mass is 308 g/mol. The van der Waals surface area contributed by atoms with Crippen LogP contribution in [-0.2, 0) is 9.53 Å². The van der Waals surface area contributed by atoms with Crippen LogP contribution in [0, 0.1) is 5.82 Å². The van der Waals surface area contributed by atoms with E-state index in [-0.39, 0.29) is 17.6 Å². The average Bonchev–Trinajstić information content (AvgIpc) is 2.49. The van der Waals surface area contributed by atoms with Gasteiger partial charge >= 0.3 is 0 Å². The van der Waals surface area contributed by atoms with Gasteiger partial charge in [-0.25, -0.2) is 4.39 Å². The fourth-order valence-corrected chi connectivity index (χ4v) is 2.52. The number of nitrogens with one attached hydrogen (secondary N) is 1. The molecule has 1 unspecified atom stereocenters. The number of rotatable bonds is 4. The van der Waals surface area contributed by atoms with Crippen LogP contribution in [0.1, 0.15) is 36.5 Å². The largest absolute Gasteiger partial charge is 0.376 e. The normalized spacial score (nSPS) is 17.9. The molecule has 1 N–H and O–H groups in total. The van der Waals surface area contributed by atoms with E-state index in [1.165, 1.54) is 30.0 Å². The van der Waals surface area contributed by atoms with E-state index in [0.29, 0.717) is 18.8 Å². The average molecular weight is 308 g/mol. The molecule has 120 valence electrons. The molecule has 1 aromatic rings. The Morgan fingerprint density at radius 2 is 2.18 bits per heavy atom. The van der Waals surface area contributed by atoms with Crippen molar-refractivity contribution < 1.29 is 18.7 Å². The predicted octanol–water partition coefficient (Wildman–Crippen LogP) is 2.43. The number of anilines is 1. The van der Waals surface area contributed by atoms with Crippen molar-refractivity contribution in [3.05, 3.63) is 29.6 Å². The summed E-state index contributed by atoms with van der Waals surface area (Å²) < 4.78 is 19.5. The summed E-state index contributed by atoms with van der Waals surface area (Å²) in [6.45, 7) is 2.50. The smallest absolute Gasteiger partial charge is 0.256 e. The van der Waals surface area contributed by atoms with E-state index in [1.807, 2.05) is 0 Å². The molecule has 1 heterocycles. The van der Waals surface area contributed by atoms with Crippen LogP contribution < -0.4 is 5.32 Å². The highest BCUT2D eigenvalue weighted by atomic mass is 19.1. The molecule has 0 radical (unpaired) electrons. The third-order valence-electron chi connectivity index (χ3n) is 3.62. The Labute approximate surface area is 129 Å². The highest BCUT2D eigenvalue weighted by Gasteiger charge is 2.22. The first-order chi connectivity index (χ1) is 10.5. The van der Waals surface area contributed by atoms with Gasteiger partial charge in [-0.2, -0.15) is 0 Å². The number of hydrogen-bond donors (Lipinski definition) is 1. The number of halogens is 1. The highest BCUT2D eigenvalue weighted by molar-refractivity contribution is 5.97. The van der Waals surface area contributed by atoms with Crippen LogP contribution in [0.25, 0.3) is 0 Å². The molecule has 0 aromatic heterocycles. The van der Waals surface area contributed by atoms with Crippen LogP contribution in [-0.4, -0.2) is 43.0 Å². The van der Waals surface area contributed by atoms with E-state index >= 15 is 0 Å². The summed E-state index contributed by atoms with van der Waals surface area (Å²) in [5, 5.41) is 2.55. The molecule has 5 nitrogen and oxygen atoms in total. The van der Waals surface area contributed by atoms with Crippen LogP contribution in [0.4, 0.5) is 10.1 Å². The standard InChI is InChI=1S/C16H21FN2O3/c1-11(20)18-12-6-7-15(17)14(9-12)16(21)19(2)10-13-5-3-4-8-22-13/h6-7,9,13H,3-5,8,10H2,1-2H3,(H,18,20). The first-order valence-electron chi connectivity index (χ1n) is 7.41. The topological polar surface area (TPSA) is 58.6 Å². The van der Waals surface area contributed by atoms with Gasteiger partial charge in [-0.1, -0.05) is 0 Å². The summed E-state index contributed by atoms with van der Waals surface area (Å²) in [5.41, 5.74) is 0.351. The number of nitrogens with zero attached hydrogens (tertiary/aromatic N) is 1. The molecule has 1 atom stereocenters. The molecule has 0 aliphatic carbocycles. The summed E-state index contributed by atoms with van der Waals surface area (Å²) in [6, 6.07) is 3.97. The minimum atomic E-state index is -0.601. The Hall–Kier alpha value is -1.95. The van der Waals surface area contributed by atoms with Gasteiger partial charge < -0.3 is 15.0 Å². The van der Waals surface area contributed by atoms with E-state index in [9.17, 15) is 14.0 Å². The molecule has 1 aliphatic heterocycles. The van der Waals surface area contributed by atoms with E-state index < -0.39 is 11.7 Å². The number of carbonyl (C=O) groups is 2. The lowest BCUT2D eigenvalue weighted by atomic mass is 10.1. The zero-order valence-electron chi connectivity index (χ0n) is 12.9. The van der Waals surface area contributed by atoms with Crippen molar-refractivity contribution in [1.82, 2.24) is 4.90 Å². The first kappa shape index (κ1) is 16.4. The number of benzene rings is 1. The van der Waals surface area contributed by atoms with Gasteiger partial charge in [0.1, 0.15) is 5.82 Å². The molecule has 6 heteroatoms. The molecule has 22 heavy (non-hydrogen) atoms. The van der Waals surface area contributed by atoms with Crippen molar-refractivity contribution >= 4 is 17.5 Å². The molecule has 1 aromatic carbocycles. The molecule has 0 saturated carbocycles. The third-order valence-corrected chi connectivity index (χ3v) is 3.62. The Morgan fingerprint density at radius 3 is 2.82 bits per heavy atom. The van der Waals surface area contributed by atoms with Gasteiger partial charge in [0.05, 0.1) is 11.7 Å². The lowest BCUT2D eigenvalue weighted by Crippen LogP contribution is -2.37. The maximum absolute atomic E-state index is 13.9. The molecule has 2 amide bonds. The first-order valence-corrected chi connectivity index (χ1v) is 7.41. The van der Waals surface area contributed by atoms with Gasteiger partial charge in [0.25, 0.3) is 5.91 Å². The second kappa shape index (κ2) is 7.35. The molecule has 1 aliphatic rings. The molecule has 0 bridgehead atoms. The highest BCUT2D eigenvalue weighted by Crippen LogP contribution is 2.18. The number of carbonyl (C=O) groups excluding carboxylic acids is 2. The summed E-state index contributed by atoms with van der Waals surface area (Å²) in [7, 11) is 1.63. The summed E-state index contributed by atoms with van der Waals surface area (Å²) in [4.78, 5) is 24.9.